The zero-order valence-electron chi connectivity index (χ0n) is 14.4. The van der Waals surface area contributed by atoms with Crippen LogP contribution in [0.4, 0.5) is 28.4 Å². The highest BCUT2D eigenvalue weighted by atomic mass is 16.6. The Morgan fingerprint density at radius 3 is 2.11 bits per heavy atom. The van der Waals surface area contributed by atoms with E-state index in [1.165, 1.54) is 12.1 Å². The van der Waals surface area contributed by atoms with E-state index in [0.29, 0.717) is 17.1 Å². The molecule has 0 aliphatic carbocycles. The van der Waals surface area contributed by atoms with Gasteiger partial charge in [0.25, 0.3) is 5.69 Å². The molecule has 0 heterocycles. The molecule has 0 radical (unpaired) electrons. The van der Waals surface area contributed by atoms with Crippen molar-refractivity contribution in [1.29, 1.82) is 0 Å². The first-order chi connectivity index (χ1) is 13.1. The van der Waals surface area contributed by atoms with Gasteiger partial charge in [0.2, 0.25) is 5.91 Å². The molecule has 3 aromatic carbocycles. The number of nitrogens with zero attached hydrogens (tertiary/aromatic N) is 1. The van der Waals surface area contributed by atoms with Crippen molar-refractivity contribution in [3.63, 3.8) is 0 Å². The maximum absolute atomic E-state index is 12.1. The molecule has 0 saturated carbocycles. The summed E-state index contributed by atoms with van der Waals surface area (Å²) in [5.41, 5.74) is 2.57. The van der Waals surface area contributed by atoms with Crippen LogP contribution in [0.3, 0.4) is 0 Å². The molecule has 7 heteroatoms. The van der Waals surface area contributed by atoms with Gasteiger partial charge < -0.3 is 16.0 Å². The number of rotatable bonds is 7. The fourth-order valence-electron chi connectivity index (χ4n) is 2.48. The fourth-order valence-corrected chi connectivity index (χ4v) is 2.48. The van der Waals surface area contributed by atoms with Gasteiger partial charge in [0.15, 0.2) is 0 Å². The molecule has 3 rings (SSSR count). The number of anilines is 4. The SMILES string of the molecule is O=C(CNc1cc([N+](=O)[O-])ccc1Nc1ccccc1)Nc1ccccc1. The lowest BCUT2D eigenvalue weighted by molar-refractivity contribution is -0.384. The predicted molar refractivity (Wildman–Crippen MR) is 106 cm³/mol. The second-order valence-corrected chi connectivity index (χ2v) is 5.75. The third-order valence-electron chi connectivity index (χ3n) is 3.76. The Morgan fingerprint density at radius 1 is 0.852 bits per heavy atom. The average Bonchev–Trinajstić information content (AvgIpc) is 2.68. The van der Waals surface area contributed by atoms with Crippen molar-refractivity contribution in [2.24, 2.45) is 0 Å². The van der Waals surface area contributed by atoms with Crippen molar-refractivity contribution in [3.8, 4) is 0 Å². The number of benzene rings is 3. The smallest absolute Gasteiger partial charge is 0.271 e. The van der Waals surface area contributed by atoms with Gasteiger partial charge in [-0.2, -0.15) is 0 Å². The Morgan fingerprint density at radius 2 is 1.48 bits per heavy atom. The molecule has 136 valence electrons. The Bertz CT molecular complexity index is 930. The van der Waals surface area contributed by atoms with E-state index in [-0.39, 0.29) is 18.1 Å². The number of carbonyl (C=O) groups excluding carboxylic acids is 1. The number of nitro groups is 1. The molecule has 0 unspecified atom stereocenters. The summed E-state index contributed by atoms with van der Waals surface area (Å²) in [6.45, 7) is -0.0282. The minimum Gasteiger partial charge on any atom is -0.374 e. The summed E-state index contributed by atoms with van der Waals surface area (Å²) in [6, 6.07) is 22.9. The van der Waals surface area contributed by atoms with Crippen molar-refractivity contribution >= 4 is 34.3 Å². The van der Waals surface area contributed by atoms with Crippen LogP contribution in [-0.2, 0) is 4.79 Å². The Balaban J connectivity index is 1.74. The molecule has 0 fully saturated rings. The van der Waals surface area contributed by atoms with Gasteiger partial charge in [0.05, 0.1) is 22.8 Å². The number of para-hydroxylation sites is 2. The first kappa shape index (κ1) is 17.9. The lowest BCUT2D eigenvalue weighted by Crippen LogP contribution is -2.22. The van der Waals surface area contributed by atoms with E-state index >= 15 is 0 Å². The van der Waals surface area contributed by atoms with E-state index in [1.54, 1.807) is 18.2 Å². The highest BCUT2D eigenvalue weighted by Crippen LogP contribution is 2.29. The molecule has 7 nitrogen and oxygen atoms in total. The normalized spacial score (nSPS) is 10.1. The summed E-state index contributed by atoms with van der Waals surface area (Å²) in [7, 11) is 0. The van der Waals surface area contributed by atoms with Crippen LogP contribution in [0.25, 0.3) is 0 Å². The summed E-state index contributed by atoms with van der Waals surface area (Å²) in [5.74, 6) is -0.252. The van der Waals surface area contributed by atoms with Gasteiger partial charge >= 0.3 is 0 Å². The van der Waals surface area contributed by atoms with Gasteiger partial charge in [0.1, 0.15) is 0 Å². The van der Waals surface area contributed by atoms with Gasteiger partial charge in [0, 0.05) is 23.5 Å². The third-order valence-corrected chi connectivity index (χ3v) is 3.76. The minimum atomic E-state index is -0.471. The molecule has 27 heavy (non-hydrogen) atoms. The van der Waals surface area contributed by atoms with Crippen LogP contribution in [0.1, 0.15) is 0 Å². The van der Waals surface area contributed by atoms with E-state index in [0.717, 1.165) is 5.69 Å². The monoisotopic (exact) mass is 362 g/mol. The summed E-state index contributed by atoms with van der Waals surface area (Å²) in [4.78, 5) is 22.8. The maximum atomic E-state index is 12.1. The molecule has 0 spiro atoms. The quantitative estimate of drug-likeness (QED) is 0.428. The molecule has 0 bridgehead atoms. The zero-order chi connectivity index (χ0) is 19.1. The molecule has 0 aliphatic rings. The number of nitrogens with one attached hydrogen (secondary N) is 3. The van der Waals surface area contributed by atoms with Crippen LogP contribution < -0.4 is 16.0 Å². The molecule has 0 atom stereocenters. The lowest BCUT2D eigenvalue weighted by atomic mass is 10.2. The Hall–Kier alpha value is -3.87. The number of hydrogen-bond acceptors (Lipinski definition) is 5. The van der Waals surface area contributed by atoms with Crippen molar-refractivity contribution in [2.45, 2.75) is 0 Å². The van der Waals surface area contributed by atoms with Crippen LogP contribution in [0.5, 0.6) is 0 Å². The van der Waals surface area contributed by atoms with Crippen molar-refractivity contribution in [2.75, 3.05) is 22.5 Å². The van der Waals surface area contributed by atoms with Crippen LogP contribution in [-0.4, -0.2) is 17.4 Å². The van der Waals surface area contributed by atoms with Gasteiger partial charge in [-0.3, -0.25) is 14.9 Å². The highest BCUT2D eigenvalue weighted by Gasteiger charge is 2.12. The molecule has 3 N–H and O–H groups in total. The number of nitro benzene ring substituents is 1. The van der Waals surface area contributed by atoms with Crippen LogP contribution >= 0.6 is 0 Å². The molecular formula is C20H18N4O3. The molecule has 1 amide bonds. The van der Waals surface area contributed by atoms with Gasteiger partial charge in [-0.25, -0.2) is 0 Å². The van der Waals surface area contributed by atoms with Crippen LogP contribution in [0, 0.1) is 10.1 Å². The molecular weight excluding hydrogens is 344 g/mol. The standard InChI is InChI=1S/C20H18N4O3/c25-20(23-16-9-5-2-6-10-16)14-21-19-13-17(24(26)27)11-12-18(19)22-15-7-3-1-4-8-15/h1-13,21-22H,14H2,(H,23,25). The summed E-state index contributed by atoms with van der Waals surface area (Å²) in [5, 5.41) is 20.0. The first-order valence-electron chi connectivity index (χ1n) is 8.31. The van der Waals surface area contributed by atoms with Crippen molar-refractivity contribution in [1.82, 2.24) is 0 Å². The van der Waals surface area contributed by atoms with Gasteiger partial charge in [-0.1, -0.05) is 36.4 Å². The first-order valence-corrected chi connectivity index (χ1v) is 8.31. The predicted octanol–water partition coefficient (Wildman–Crippen LogP) is 4.39. The minimum absolute atomic E-state index is 0.0282. The van der Waals surface area contributed by atoms with Gasteiger partial charge in [-0.05, 0) is 30.3 Å². The zero-order valence-corrected chi connectivity index (χ0v) is 14.4. The van der Waals surface area contributed by atoms with E-state index in [9.17, 15) is 14.9 Å². The third kappa shape index (κ3) is 5.05. The average molecular weight is 362 g/mol. The lowest BCUT2D eigenvalue weighted by Gasteiger charge is -2.14. The van der Waals surface area contributed by atoms with E-state index < -0.39 is 4.92 Å². The number of non-ortho nitro benzene ring substituents is 1. The Labute approximate surface area is 156 Å². The summed E-state index contributed by atoms with van der Waals surface area (Å²) < 4.78 is 0. The number of hydrogen-bond donors (Lipinski definition) is 3. The second kappa shape index (κ2) is 8.48. The van der Waals surface area contributed by atoms with E-state index in [4.69, 9.17) is 0 Å². The van der Waals surface area contributed by atoms with Crippen LogP contribution in [0.2, 0.25) is 0 Å². The maximum Gasteiger partial charge on any atom is 0.271 e. The summed E-state index contributed by atoms with van der Waals surface area (Å²) >= 11 is 0. The molecule has 0 aliphatic heterocycles. The fraction of sp³-hybridized carbons (Fsp3) is 0.0500. The highest BCUT2D eigenvalue weighted by molar-refractivity contribution is 5.94. The number of amides is 1. The second-order valence-electron chi connectivity index (χ2n) is 5.75. The van der Waals surface area contributed by atoms with E-state index in [1.807, 2.05) is 48.5 Å². The largest absolute Gasteiger partial charge is 0.374 e. The Kier molecular flexibility index (Phi) is 5.64. The summed E-state index contributed by atoms with van der Waals surface area (Å²) in [6.07, 6.45) is 0. The topological polar surface area (TPSA) is 96.3 Å². The molecule has 0 saturated heterocycles. The molecule has 3 aromatic rings. The number of carbonyl (C=O) groups is 1. The van der Waals surface area contributed by atoms with Crippen molar-refractivity contribution < 1.29 is 9.72 Å². The molecule has 0 aromatic heterocycles. The van der Waals surface area contributed by atoms with Crippen molar-refractivity contribution in [3.05, 3.63) is 89.0 Å². The van der Waals surface area contributed by atoms with Gasteiger partial charge in [-0.15, -0.1) is 0 Å². The van der Waals surface area contributed by atoms with E-state index in [2.05, 4.69) is 16.0 Å². The van der Waals surface area contributed by atoms with Crippen LogP contribution in [0.15, 0.2) is 78.9 Å².